The van der Waals surface area contributed by atoms with Gasteiger partial charge in [-0.15, -0.1) is 0 Å². The zero-order valence-corrected chi connectivity index (χ0v) is 27.1. The molecule has 216 valence electrons. The highest BCUT2D eigenvalue weighted by molar-refractivity contribution is 9.10. The first-order chi connectivity index (χ1) is 17.0. The predicted octanol–water partition coefficient (Wildman–Crippen LogP) is 7.94. The summed E-state index contributed by atoms with van der Waals surface area (Å²) in [5.74, 6) is -0.346. The van der Waals surface area contributed by atoms with Gasteiger partial charge in [-0.3, -0.25) is 14.4 Å². The van der Waals surface area contributed by atoms with Gasteiger partial charge in [0.2, 0.25) is 0 Å². The number of aldehydes is 1. The van der Waals surface area contributed by atoms with E-state index in [-0.39, 0.29) is 11.6 Å². The van der Waals surface area contributed by atoms with Crippen molar-refractivity contribution >= 4 is 34.2 Å². The van der Waals surface area contributed by atoms with E-state index in [4.69, 9.17) is 14.2 Å². The summed E-state index contributed by atoms with van der Waals surface area (Å²) in [4.78, 5) is 38.4. The van der Waals surface area contributed by atoms with Crippen LogP contribution in [0, 0.1) is 16.2 Å². The molecule has 1 aromatic carbocycles. The number of rotatable bonds is 13. The number of esters is 2. The largest absolute Gasteiger partial charge is 0.459 e. The smallest absolute Gasteiger partial charge is 0.317 e. The van der Waals surface area contributed by atoms with Crippen molar-refractivity contribution < 1.29 is 28.6 Å². The van der Waals surface area contributed by atoms with Gasteiger partial charge in [0.25, 0.3) is 0 Å². The Morgan fingerprint density at radius 1 is 0.868 bits per heavy atom. The minimum atomic E-state index is -0.953. The first-order valence-electron chi connectivity index (χ1n) is 13.4. The summed E-state index contributed by atoms with van der Waals surface area (Å²) in [7, 11) is 0. The highest BCUT2D eigenvalue weighted by Crippen LogP contribution is 2.55. The predicted molar refractivity (Wildman–Crippen MR) is 156 cm³/mol. The van der Waals surface area contributed by atoms with Crippen LogP contribution >= 0.6 is 15.9 Å². The van der Waals surface area contributed by atoms with Crippen molar-refractivity contribution in [3.8, 4) is 5.75 Å². The summed E-state index contributed by atoms with van der Waals surface area (Å²) in [6, 6.07) is 6.41. The fourth-order valence-corrected chi connectivity index (χ4v) is 4.90. The molecule has 7 heteroatoms. The Balaban J connectivity index is 3.24. The lowest BCUT2D eigenvalue weighted by Crippen LogP contribution is -2.54. The summed E-state index contributed by atoms with van der Waals surface area (Å²) < 4.78 is 17.1. The van der Waals surface area contributed by atoms with Crippen molar-refractivity contribution in [1.82, 2.24) is 0 Å². The molecule has 38 heavy (non-hydrogen) atoms. The van der Waals surface area contributed by atoms with Gasteiger partial charge in [0, 0.05) is 16.3 Å². The fourth-order valence-electron chi connectivity index (χ4n) is 4.32. The van der Waals surface area contributed by atoms with E-state index in [0.717, 1.165) is 6.29 Å². The molecule has 0 amide bonds. The Labute approximate surface area is 238 Å². The zero-order chi connectivity index (χ0) is 29.8. The maximum atomic E-state index is 14.0. The molecule has 6 nitrogen and oxygen atoms in total. The molecular formula is C31H49BrO6. The van der Waals surface area contributed by atoms with Gasteiger partial charge in [-0.1, -0.05) is 36.7 Å². The van der Waals surface area contributed by atoms with Crippen molar-refractivity contribution in [2.24, 2.45) is 16.2 Å². The molecule has 1 unspecified atom stereocenters. The Hall–Kier alpha value is -1.73. The van der Waals surface area contributed by atoms with Gasteiger partial charge in [-0.2, -0.15) is 0 Å². The van der Waals surface area contributed by atoms with Gasteiger partial charge in [0.1, 0.15) is 17.6 Å². The molecule has 0 spiro atoms. The second-order valence-corrected chi connectivity index (χ2v) is 15.5. The molecular weight excluding hydrogens is 548 g/mol. The van der Waals surface area contributed by atoms with Gasteiger partial charge in [-0.05, 0) is 105 Å². The van der Waals surface area contributed by atoms with Crippen molar-refractivity contribution in [2.45, 2.75) is 118 Å². The lowest BCUT2D eigenvalue weighted by atomic mass is 9.57. The minimum absolute atomic E-state index is 0.272. The van der Waals surface area contributed by atoms with Crippen LogP contribution in [-0.4, -0.2) is 40.4 Å². The maximum absolute atomic E-state index is 14.0. The molecule has 0 saturated heterocycles. The Bertz CT molecular complexity index is 964. The van der Waals surface area contributed by atoms with E-state index in [1.54, 1.807) is 24.3 Å². The van der Waals surface area contributed by atoms with Gasteiger partial charge in [0.15, 0.2) is 0 Å². The highest BCUT2D eigenvalue weighted by Gasteiger charge is 2.57. The van der Waals surface area contributed by atoms with E-state index in [9.17, 15) is 14.4 Å². The second kappa shape index (κ2) is 12.2. The van der Waals surface area contributed by atoms with Crippen molar-refractivity contribution in [1.29, 1.82) is 0 Å². The molecule has 1 rings (SSSR count). The third kappa shape index (κ3) is 8.64. The van der Waals surface area contributed by atoms with Crippen LogP contribution in [0.2, 0.25) is 0 Å². The van der Waals surface area contributed by atoms with Crippen molar-refractivity contribution in [3.05, 3.63) is 29.8 Å². The Morgan fingerprint density at radius 2 is 1.39 bits per heavy atom. The normalized spacial score (nSPS) is 15.0. The molecule has 0 fully saturated rings. The number of benzene rings is 1. The SMILES string of the molecule is CCC(CC(C)(C)C(C)(C)C(=O)Oc1ccc(C=O)cc1)(C(=O)OC(C)(C)CCOC(C)(C)C)C(C)(C)Br. The zero-order valence-electron chi connectivity index (χ0n) is 25.5. The molecule has 1 atom stereocenters. The molecule has 1 aromatic rings. The van der Waals surface area contributed by atoms with Crippen molar-refractivity contribution in [3.63, 3.8) is 0 Å². The monoisotopic (exact) mass is 596 g/mol. The third-order valence-electron chi connectivity index (χ3n) is 7.91. The van der Waals surface area contributed by atoms with Crippen LogP contribution < -0.4 is 4.74 Å². The maximum Gasteiger partial charge on any atom is 0.317 e. The summed E-state index contributed by atoms with van der Waals surface area (Å²) >= 11 is 3.80. The van der Waals surface area contributed by atoms with Crippen LogP contribution in [0.4, 0.5) is 0 Å². The molecule has 0 saturated carbocycles. The summed E-state index contributed by atoms with van der Waals surface area (Å²) in [5.41, 5.74) is -3.04. The molecule has 0 bridgehead atoms. The van der Waals surface area contributed by atoms with E-state index in [1.165, 1.54) is 0 Å². The average Bonchev–Trinajstić information content (AvgIpc) is 2.75. The summed E-state index contributed by atoms with van der Waals surface area (Å²) in [5, 5.41) is 0. The number of alkyl halides is 1. The van der Waals surface area contributed by atoms with Crippen LogP contribution in [0.15, 0.2) is 24.3 Å². The fraction of sp³-hybridized carbons (Fsp3) is 0.710. The van der Waals surface area contributed by atoms with Gasteiger partial charge in [-0.25, -0.2) is 0 Å². The number of hydrogen-bond donors (Lipinski definition) is 0. The number of ether oxygens (including phenoxy) is 3. The molecule has 0 radical (unpaired) electrons. The van der Waals surface area contributed by atoms with Crippen LogP contribution in [-0.2, 0) is 19.1 Å². The number of hydrogen-bond acceptors (Lipinski definition) is 6. The molecule has 0 heterocycles. The van der Waals surface area contributed by atoms with E-state index in [2.05, 4.69) is 15.9 Å². The summed E-state index contributed by atoms with van der Waals surface area (Å²) in [6.07, 6.45) is 2.19. The molecule has 0 N–H and O–H groups in total. The van der Waals surface area contributed by atoms with E-state index in [1.807, 2.05) is 83.1 Å². The van der Waals surface area contributed by atoms with Gasteiger partial charge >= 0.3 is 11.9 Å². The van der Waals surface area contributed by atoms with Gasteiger partial charge < -0.3 is 14.2 Å². The van der Waals surface area contributed by atoms with E-state index in [0.29, 0.717) is 37.2 Å². The first kappa shape index (κ1) is 34.3. The van der Waals surface area contributed by atoms with Crippen molar-refractivity contribution in [2.75, 3.05) is 6.61 Å². The van der Waals surface area contributed by atoms with Crippen LogP contribution in [0.1, 0.15) is 113 Å². The second-order valence-electron chi connectivity index (χ2n) is 13.5. The first-order valence-corrected chi connectivity index (χ1v) is 14.2. The average molecular weight is 598 g/mol. The van der Waals surface area contributed by atoms with E-state index < -0.39 is 32.1 Å². The molecule has 0 aliphatic carbocycles. The van der Waals surface area contributed by atoms with Crippen LogP contribution in [0.3, 0.4) is 0 Å². The Morgan fingerprint density at radius 3 is 1.82 bits per heavy atom. The Kier molecular flexibility index (Phi) is 11.0. The molecule has 0 aromatic heterocycles. The number of carbonyl (C=O) groups is 3. The number of halogens is 1. The molecule has 0 aliphatic rings. The molecule has 0 aliphatic heterocycles. The summed E-state index contributed by atoms with van der Waals surface area (Å²) in [6.45, 7) is 23.9. The highest BCUT2D eigenvalue weighted by atomic mass is 79.9. The lowest BCUT2D eigenvalue weighted by Gasteiger charge is -2.50. The topological polar surface area (TPSA) is 78.9 Å². The quantitative estimate of drug-likeness (QED) is 0.0994. The van der Waals surface area contributed by atoms with Crippen LogP contribution in [0.25, 0.3) is 0 Å². The lowest BCUT2D eigenvalue weighted by molar-refractivity contribution is -0.179. The standard InChI is InChI=1S/C31H49BrO6/c1-13-31(30(11,12)32,25(35)38-28(7,8)18-19-36-26(2,3)4)21-27(5,6)29(9,10)24(34)37-23-16-14-22(20-33)15-17-23/h14-17,20H,13,18-19,21H2,1-12H3. The minimum Gasteiger partial charge on any atom is -0.459 e. The van der Waals surface area contributed by atoms with Crippen LogP contribution in [0.5, 0.6) is 5.75 Å². The van der Waals surface area contributed by atoms with Gasteiger partial charge in [0.05, 0.1) is 23.0 Å². The number of carbonyl (C=O) groups excluding carboxylic acids is 3. The van der Waals surface area contributed by atoms with E-state index >= 15 is 0 Å². The third-order valence-corrected chi connectivity index (χ3v) is 8.67.